The van der Waals surface area contributed by atoms with Crippen LogP contribution in [0.15, 0.2) is 0 Å². The van der Waals surface area contributed by atoms with Crippen molar-refractivity contribution in [2.24, 2.45) is 11.7 Å². The second-order valence-electron chi connectivity index (χ2n) is 5.69. The van der Waals surface area contributed by atoms with Crippen molar-refractivity contribution in [3.8, 4) is 11.8 Å². The third-order valence-electron chi connectivity index (χ3n) is 3.05. The first kappa shape index (κ1) is 31.9. The lowest BCUT2D eigenvalue weighted by molar-refractivity contribution is -0.122. The van der Waals surface area contributed by atoms with Crippen LogP contribution in [0.1, 0.15) is 49.8 Å². The Balaban J connectivity index is -0.000000403. The molecular weight excluding hydrogens is 378 g/mol. The minimum atomic E-state index is -0.0482. The zero-order chi connectivity index (χ0) is 20.8. The average Bonchev–Trinajstić information content (AvgIpc) is 2.67. The van der Waals surface area contributed by atoms with Crippen LogP contribution in [0, 0.1) is 17.8 Å². The molecule has 8 heteroatoms. The average molecular weight is 426 g/mol. The van der Waals surface area contributed by atoms with Gasteiger partial charge in [0, 0.05) is 15.2 Å². The van der Waals surface area contributed by atoms with Gasteiger partial charge in [0.15, 0.2) is 0 Å². The summed E-state index contributed by atoms with van der Waals surface area (Å²) in [6.45, 7) is 11.6. The molecule has 7 nitrogen and oxygen atoms in total. The minimum Gasteiger partial charge on any atom is -0.379 e. The summed E-state index contributed by atoms with van der Waals surface area (Å²) in [7, 11) is 0. The van der Waals surface area contributed by atoms with Gasteiger partial charge in [-0.1, -0.05) is 39.5 Å². The Kier molecular flexibility index (Phi) is 29.8. The van der Waals surface area contributed by atoms with Crippen LogP contribution in [0.25, 0.3) is 0 Å². The second kappa shape index (κ2) is 26.2. The van der Waals surface area contributed by atoms with Crippen LogP contribution in [0.2, 0.25) is 0 Å². The van der Waals surface area contributed by atoms with E-state index >= 15 is 0 Å². The fraction of sp³-hybridized carbons (Fsp3) is 0.850. The van der Waals surface area contributed by atoms with Gasteiger partial charge in [0.25, 0.3) is 0 Å². The van der Waals surface area contributed by atoms with E-state index in [-0.39, 0.29) is 20.3 Å². The van der Waals surface area contributed by atoms with Crippen molar-refractivity contribution in [1.29, 1.82) is 0 Å². The summed E-state index contributed by atoms with van der Waals surface area (Å²) in [6, 6.07) is 0. The van der Waals surface area contributed by atoms with E-state index in [1.165, 1.54) is 0 Å². The standard InChI is InChI=1S/C18H34N2O4S.C2H6.H3N.2H2/c1-16(2)6-5-10-20-17(21)8-11-22-12-13-23-14-15-24-18(25-3)7-4-9-19;1-2;;;/h16,18H,4,7-15,19H2,1-3H3,(H,20,21);1-2H3;1H3;2*1H. The molecule has 0 fully saturated rings. The highest BCUT2D eigenvalue weighted by atomic mass is 32.2. The summed E-state index contributed by atoms with van der Waals surface area (Å²) < 4.78 is 16.5. The predicted molar refractivity (Wildman–Crippen MR) is 124 cm³/mol. The lowest BCUT2D eigenvalue weighted by Crippen LogP contribution is -2.25. The number of carbonyl (C=O) groups is 1. The molecule has 0 radical (unpaired) electrons. The molecule has 0 saturated carbocycles. The Hall–Kier alpha value is -0.820. The van der Waals surface area contributed by atoms with Crippen LogP contribution < -0.4 is 17.2 Å². The number of rotatable bonds is 15. The maximum Gasteiger partial charge on any atom is 0.223 e. The maximum atomic E-state index is 11.5. The molecule has 0 spiro atoms. The van der Waals surface area contributed by atoms with Crippen molar-refractivity contribution in [2.45, 2.75) is 52.4 Å². The molecule has 0 aliphatic carbocycles. The highest BCUT2D eigenvalue weighted by molar-refractivity contribution is 7.99. The molecule has 0 saturated heterocycles. The summed E-state index contributed by atoms with van der Waals surface area (Å²) in [4.78, 5) is 11.5. The van der Waals surface area contributed by atoms with Gasteiger partial charge in [-0.3, -0.25) is 4.79 Å². The molecular formula is C20H47N3O4S. The van der Waals surface area contributed by atoms with Gasteiger partial charge >= 0.3 is 0 Å². The van der Waals surface area contributed by atoms with Gasteiger partial charge in [-0.25, -0.2) is 0 Å². The van der Waals surface area contributed by atoms with Crippen molar-refractivity contribution in [2.75, 3.05) is 52.4 Å². The van der Waals surface area contributed by atoms with Crippen molar-refractivity contribution in [3.05, 3.63) is 0 Å². The van der Waals surface area contributed by atoms with Gasteiger partial charge < -0.3 is 31.4 Å². The normalized spacial score (nSPS) is 10.8. The third kappa shape index (κ3) is 25.2. The second-order valence-corrected chi connectivity index (χ2v) is 6.69. The Morgan fingerprint density at radius 3 is 2.32 bits per heavy atom. The molecule has 0 aromatic heterocycles. The Morgan fingerprint density at radius 2 is 1.75 bits per heavy atom. The van der Waals surface area contributed by atoms with Gasteiger partial charge in [0.05, 0.1) is 39.6 Å². The van der Waals surface area contributed by atoms with Crippen molar-refractivity contribution in [3.63, 3.8) is 0 Å². The molecule has 0 bridgehead atoms. The number of ether oxygens (including phenoxy) is 3. The maximum absolute atomic E-state index is 11.5. The summed E-state index contributed by atoms with van der Waals surface area (Å²) in [5, 5.41) is 2.74. The number of nitrogens with two attached hydrogens (primary N) is 1. The summed E-state index contributed by atoms with van der Waals surface area (Å²) in [5.41, 5.74) is 5.68. The van der Waals surface area contributed by atoms with E-state index in [0.29, 0.717) is 58.5 Å². The van der Waals surface area contributed by atoms with Crippen molar-refractivity contribution >= 4 is 17.7 Å². The van der Waals surface area contributed by atoms with E-state index in [9.17, 15) is 4.79 Å². The Bertz CT molecular complexity index is 398. The predicted octanol–water partition coefficient (Wildman–Crippen LogP) is 3.31. The highest BCUT2D eigenvalue weighted by Crippen LogP contribution is 2.13. The highest BCUT2D eigenvalue weighted by Gasteiger charge is 2.05. The Labute approximate surface area is 179 Å². The fourth-order valence-corrected chi connectivity index (χ4v) is 2.40. The van der Waals surface area contributed by atoms with E-state index in [4.69, 9.17) is 19.9 Å². The van der Waals surface area contributed by atoms with Crippen LogP contribution in [-0.4, -0.2) is 63.7 Å². The van der Waals surface area contributed by atoms with E-state index in [1.54, 1.807) is 11.8 Å². The molecule has 0 rings (SSSR count). The fourth-order valence-electron chi connectivity index (χ4n) is 1.77. The summed E-state index contributed by atoms with van der Waals surface area (Å²) in [6.07, 6.45) is 4.30. The molecule has 1 unspecified atom stereocenters. The summed E-state index contributed by atoms with van der Waals surface area (Å²) in [5.74, 6) is 6.17. The zero-order valence-corrected chi connectivity index (χ0v) is 19.4. The molecule has 6 N–H and O–H groups in total. The number of nitrogens with one attached hydrogen (secondary N) is 1. The van der Waals surface area contributed by atoms with Gasteiger partial charge in [0.2, 0.25) is 5.91 Å². The first-order valence-corrected chi connectivity index (χ1v) is 11.1. The van der Waals surface area contributed by atoms with E-state index in [1.807, 2.05) is 34.0 Å². The number of hydrogen-bond acceptors (Lipinski definition) is 7. The molecule has 0 heterocycles. The molecule has 0 aromatic carbocycles. The lowest BCUT2D eigenvalue weighted by Gasteiger charge is -2.15. The van der Waals surface area contributed by atoms with Gasteiger partial charge in [-0.05, 0) is 25.6 Å². The van der Waals surface area contributed by atoms with Gasteiger partial charge in [0.1, 0.15) is 5.44 Å². The van der Waals surface area contributed by atoms with Gasteiger partial charge in [-0.2, -0.15) is 0 Å². The van der Waals surface area contributed by atoms with E-state index in [2.05, 4.69) is 17.2 Å². The smallest absolute Gasteiger partial charge is 0.223 e. The summed E-state index contributed by atoms with van der Waals surface area (Å²) >= 11 is 1.69. The van der Waals surface area contributed by atoms with Crippen LogP contribution in [0.3, 0.4) is 0 Å². The zero-order valence-electron chi connectivity index (χ0n) is 18.6. The molecule has 0 aliphatic heterocycles. The minimum absolute atomic E-state index is 0. The molecule has 172 valence electrons. The first-order chi connectivity index (χ1) is 13.1. The molecule has 0 aromatic rings. The number of thioether (sulfide) groups is 1. The topological polar surface area (TPSA) is 118 Å². The van der Waals surface area contributed by atoms with Crippen LogP contribution in [0.5, 0.6) is 0 Å². The number of carbonyl (C=O) groups excluding carboxylic acids is 1. The molecule has 1 amide bonds. The lowest BCUT2D eigenvalue weighted by atomic mass is 10.2. The SMILES string of the molecule is CC.CSC(CCCN)OCCOCCOCCC(=O)NCC#CC(C)C.N.[HH].[HH]. The largest absolute Gasteiger partial charge is 0.379 e. The van der Waals surface area contributed by atoms with Gasteiger partial charge in [-0.15, -0.1) is 11.8 Å². The van der Waals surface area contributed by atoms with Crippen LogP contribution in [0.4, 0.5) is 0 Å². The number of amides is 1. The van der Waals surface area contributed by atoms with Crippen molar-refractivity contribution < 1.29 is 21.9 Å². The Morgan fingerprint density at radius 1 is 1.14 bits per heavy atom. The monoisotopic (exact) mass is 425 g/mol. The van der Waals surface area contributed by atoms with E-state index < -0.39 is 0 Å². The van der Waals surface area contributed by atoms with Crippen LogP contribution >= 0.6 is 11.8 Å². The van der Waals surface area contributed by atoms with Crippen molar-refractivity contribution in [1.82, 2.24) is 11.5 Å². The van der Waals surface area contributed by atoms with Crippen LogP contribution in [-0.2, 0) is 19.0 Å². The first-order valence-electron chi connectivity index (χ1n) is 9.85. The molecule has 0 aliphatic rings. The van der Waals surface area contributed by atoms with E-state index in [0.717, 1.165) is 12.8 Å². The molecule has 28 heavy (non-hydrogen) atoms. The number of hydrogen-bond donors (Lipinski definition) is 3. The molecule has 1 atom stereocenters. The quantitative estimate of drug-likeness (QED) is 0.209. The third-order valence-corrected chi connectivity index (χ3v) is 3.95.